The quantitative estimate of drug-likeness (QED) is 0.636. The number of aromatic nitrogens is 2. The fourth-order valence-electron chi connectivity index (χ4n) is 0.755. The summed E-state index contributed by atoms with van der Waals surface area (Å²) in [5.41, 5.74) is 1.04. The van der Waals surface area contributed by atoms with Gasteiger partial charge >= 0.3 is 0 Å². The summed E-state index contributed by atoms with van der Waals surface area (Å²) >= 11 is 0. The molecule has 0 spiro atoms. The average molecular weight is 178 g/mol. The minimum atomic E-state index is 0.952. The molecule has 0 amide bonds. The lowest BCUT2D eigenvalue weighted by atomic mass is 10.3. The maximum Gasteiger partial charge on any atom is 0.132 e. The van der Waals surface area contributed by atoms with Crippen molar-refractivity contribution in [2.75, 3.05) is 0 Å². The molecule has 0 N–H and O–H groups in total. The summed E-state index contributed by atoms with van der Waals surface area (Å²) in [5.74, 6) is 0.952. The van der Waals surface area contributed by atoms with Crippen molar-refractivity contribution in [1.82, 2.24) is 9.55 Å². The van der Waals surface area contributed by atoms with Gasteiger partial charge in [-0.15, -0.1) is 0 Å². The van der Waals surface area contributed by atoms with Crippen LogP contribution in [0, 0.1) is 0 Å². The minimum Gasteiger partial charge on any atom is -0.335 e. The van der Waals surface area contributed by atoms with Gasteiger partial charge in [0, 0.05) is 19.4 Å². The van der Waals surface area contributed by atoms with Gasteiger partial charge in [0.2, 0.25) is 0 Å². The van der Waals surface area contributed by atoms with Crippen molar-refractivity contribution in [3.63, 3.8) is 0 Å². The Morgan fingerprint density at radius 1 is 1.54 bits per heavy atom. The normalized spacial score (nSPS) is 9.54. The van der Waals surface area contributed by atoms with Gasteiger partial charge in [0.1, 0.15) is 5.82 Å². The molecule has 0 aliphatic carbocycles. The van der Waals surface area contributed by atoms with E-state index in [0.29, 0.717) is 0 Å². The van der Waals surface area contributed by atoms with Crippen molar-refractivity contribution in [3.05, 3.63) is 36.4 Å². The molecule has 0 aliphatic rings. The highest BCUT2D eigenvalue weighted by atomic mass is 15.0. The molecular weight excluding hydrogens is 160 g/mol. The van der Waals surface area contributed by atoms with Crippen molar-refractivity contribution >= 4 is 6.08 Å². The second-order valence-electron chi connectivity index (χ2n) is 2.58. The van der Waals surface area contributed by atoms with Crippen molar-refractivity contribution in [2.24, 2.45) is 7.05 Å². The zero-order chi connectivity index (χ0) is 10.3. The lowest BCUT2D eigenvalue weighted by Crippen LogP contribution is -1.88. The third-order valence-electron chi connectivity index (χ3n) is 1.38. The third kappa shape index (κ3) is 4.31. The Balaban J connectivity index is 0.000000671. The molecule has 1 rings (SSSR count). The monoisotopic (exact) mass is 178 g/mol. The number of hydrogen-bond acceptors (Lipinski definition) is 1. The van der Waals surface area contributed by atoms with Crippen LogP contribution in [0.2, 0.25) is 0 Å². The van der Waals surface area contributed by atoms with E-state index in [1.165, 1.54) is 0 Å². The first-order valence-corrected chi connectivity index (χ1v) is 4.51. The van der Waals surface area contributed by atoms with Gasteiger partial charge in [0.15, 0.2) is 0 Å². The number of hydrogen-bond donors (Lipinski definition) is 0. The first-order chi connectivity index (χ1) is 6.20. The van der Waals surface area contributed by atoms with Crippen LogP contribution in [0.25, 0.3) is 6.08 Å². The standard InChI is InChI=1S/C9H12N2.C2H6/c1-8(2)4-5-9-10-6-7-11(9)3;1-2/h4-7H,1H2,2-3H3;1-2H3/b5-4-;. The predicted octanol–water partition coefficient (Wildman–Crippen LogP) is 3.04. The van der Waals surface area contributed by atoms with Crippen LogP contribution in [0.4, 0.5) is 0 Å². The molecule has 0 aromatic carbocycles. The molecule has 0 unspecified atom stereocenters. The van der Waals surface area contributed by atoms with Crippen LogP contribution in [0.3, 0.4) is 0 Å². The Morgan fingerprint density at radius 2 is 2.15 bits per heavy atom. The number of imidazole rings is 1. The van der Waals surface area contributed by atoms with E-state index in [1.54, 1.807) is 6.20 Å². The summed E-state index contributed by atoms with van der Waals surface area (Å²) in [6, 6.07) is 0. The van der Waals surface area contributed by atoms with Crippen molar-refractivity contribution in [3.8, 4) is 0 Å². The van der Waals surface area contributed by atoms with Crippen molar-refractivity contribution < 1.29 is 0 Å². The van der Waals surface area contributed by atoms with Crippen LogP contribution >= 0.6 is 0 Å². The number of nitrogens with zero attached hydrogens (tertiary/aromatic N) is 2. The Labute approximate surface area is 80.6 Å². The number of rotatable bonds is 2. The molecule has 2 nitrogen and oxygen atoms in total. The molecule has 0 saturated heterocycles. The van der Waals surface area contributed by atoms with Gasteiger partial charge in [-0.1, -0.05) is 32.1 Å². The molecule has 1 heterocycles. The minimum absolute atomic E-state index is 0.952. The van der Waals surface area contributed by atoms with Crippen LogP contribution in [0.1, 0.15) is 26.6 Å². The van der Waals surface area contributed by atoms with Crippen LogP contribution in [-0.2, 0) is 7.05 Å². The molecule has 1 aromatic rings. The first-order valence-electron chi connectivity index (χ1n) is 4.51. The smallest absolute Gasteiger partial charge is 0.132 e. The Bertz CT molecular complexity index is 282. The van der Waals surface area contributed by atoms with E-state index < -0.39 is 0 Å². The Morgan fingerprint density at radius 3 is 2.54 bits per heavy atom. The zero-order valence-corrected chi connectivity index (χ0v) is 8.91. The fraction of sp³-hybridized carbons (Fsp3) is 0.364. The highest BCUT2D eigenvalue weighted by molar-refractivity contribution is 5.44. The molecular formula is C11H18N2. The van der Waals surface area contributed by atoms with E-state index in [1.807, 2.05) is 50.7 Å². The molecule has 72 valence electrons. The molecule has 1 aromatic heterocycles. The molecule has 0 fully saturated rings. The van der Waals surface area contributed by atoms with Crippen molar-refractivity contribution in [1.29, 1.82) is 0 Å². The van der Waals surface area contributed by atoms with E-state index in [0.717, 1.165) is 11.4 Å². The second-order valence-corrected chi connectivity index (χ2v) is 2.58. The lowest BCUT2D eigenvalue weighted by Gasteiger charge is -1.92. The predicted molar refractivity (Wildman–Crippen MR) is 58.4 cm³/mol. The van der Waals surface area contributed by atoms with Crippen molar-refractivity contribution in [2.45, 2.75) is 20.8 Å². The fourth-order valence-corrected chi connectivity index (χ4v) is 0.755. The highest BCUT2D eigenvalue weighted by Gasteiger charge is 1.90. The summed E-state index contributed by atoms with van der Waals surface area (Å²) in [6.07, 6.45) is 7.58. The van der Waals surface area contributed by atoms with Gasteiger partial charge in [-0.3, -0.25) is 0 Å². The van der Waals surface area contributed by atoms with E-state index in [9.17, 15) is 0 Å². The number of allylic oxidation sites excluding steroid dienone is 2. The van der Waals surface area contributed by atoms with Gasteiger partial charge in [-0.05, 0) is 13.0 Å². The van der Waals surface area contributed by atoms with Gasteiger partial charge < -0.3 is 4.57 Å². The molecule has 2 heteroatoms. The molecule has 0 bridgehead atoms. The summed E-state index contributed by atoms with van der Waals surface area (Å²) in [7, 11) is 1.96. The van der Waals surface area contributed by atoms with Crippen LogP contribution in [-0.4, -0.2) is 9.55 Å². The summed E-state index contributed by atoms with van der Waals surface area (Å²) in [6.45, 7) is 9.72. The molecule has 0 saturated carbocycles. The van der Waals surface area contributed by atoms with Gasteiger partial charge in [0.25, 0.3) is 0 Å². The average Bonchev–Trinajstić information content (AvgIpc) is 2.51. The van der Waals surface area contributed by atoms with Gasteiger partial charge in [-0.25, -0.2) is 4.98 Å². The number of aryl methyl sites for hydroxylation is 1. The Hall–Kier alpha value is -1.31. The van der Waals surface area contributed by atoms with E-state index in [2.05, 4.69) is 11.6 Å². The lowest BCUT2D eigenvalue weighted by molar-refractivity contribution is 0.897. The van der Waals surface area contributed by atoms with Gasteiger partial charge in [0.05, 0.1) is 0 Å². The van der Waals surface area contributed by atoms with E-state index in [-0.39, 0.29) is 0 Å². The SMILES string of the molecule is C=C(C)/C=C\c1nccn1C.CC. The second kappa shape index (κ2) is 6.23. The molecule has 0 aliphatic heterocycles. The van der Waals surface area contributed by atoms with Crippen LogP contribution < -0.4 is 0 Å². The Kier molecular flexibility index (Phi) is 5.60. The van der Waals surface area contributed by atoms with Gasteiger partial charge in [-0.2, -0.15) is 0 Å². The molecule has 13 heavy (non-hydrogen) atoms. The maximum atomic E-state index is 4.12. The first kappa shape index (κ1) is 11.7. The van der Waals surface area contributed by atoms with Crippen LogP contribution in [0.5, 0.6) is 0 Å². The third-order valence-corrected chi connectivity index (χ3v) is 1.38. The van der Waals surface area contributed by atoms with E-state index in [4.69, 9.17) is 0 Å². The summed E-state index contributed by atoms with van der Waals surface area (Å²) < 4.78 is 1.96. The topological polar surface area (TPSA) is 17.8 Å². The summed E-state index contributed by atoms with van der Waals surface area (Å²) in [5, 5.41) is 0. The zero-order valence-electron chi connectivity index (χ0n) is 8.91. The summed E-state index contributed by atoms with van der Waals surface area (Å²) in [4.78, 5) is 4.12. The molecule has 0 atom stereocenters. The maximum absolute atomic E-state index is 4.12. The van der Waals surface area contributed by atoms with Crippen LogP contribution in [0.15, 0.2) is 30.6 Å². The molecule has 0 radical (unpaired) electrons. The highest BCUT2D eigenvalue weighted by Crippen LogP contribution is 1.99. The largest absolute Gasteiger partial charge is 0.335 e. The van der Waals surface area contributed by atoms with E-state index >= 15 is 0 Å².